The van der Waals surface area contributed by atoms with Gasteiger partial charge in [-0.15, -0.1) is 0 Å². The maximum Gasteiger partial charge on any atom is 0.235 e. The largest absolute Gasteiger partial charge is 0.508 e. The summed E-state index contributed by atoms with van der Waals surface area (Å²) in [6, 6.07) is 7.10. The molecule has 0 bridgehead atoms. The van der Waals surface area contributed by atoms with Gasteiger partial charge >= 0.3 is 0 Å². The van der Waals surface area contributed by atoms with E-state index in [1.807, 2.05) is 12.1 Å². The average Bonchev–Trinajstić information content (AvgIpc) is 2.69. The maximum atomic E-state index is 10.5. The highest BCUT2D eigenvalue weighted by Crippen LogP contribution is 2.45. The molecule has 1 N–H and O–H groups in total. The van der Waals surface area contributed by atoms with E-state index in [1.165, 1.54) is 0 Å². The molecule has 15 heavy (non-hydrogen) atoms. The van der Waals surface area contributed by atoms with E-state index in [9.17, 15) is 9.90 Å². The zero-order valence-electron chi connectivity index (χ0n) is 8.44. The molecule has 0 atom stereocenters. The minimum absolute atomic E-state index is 0.221. The van der Waals surface area contributed by atoms with Crippen LogP contribution in [0.1, 0.15) is 31.2 Å². The summed E-state index contributed by atoms with van der Waals surface area (Å²) in [6.45, 7) is 0. The zero-order chi connectivity index (χ0) is 10.7. The van der Waals surface area contributed by atoms with Crippen LogP contribution >= 0.6 is 0 Å². The minimum Gasteiger partial charge on any atom is -0.508 e. The molecule has 1 aromatic carbocycles. The smallest absolute Gasteiger partial charge is 0.235 e. The first-order chi connectivity index (χ1) is 7.28. The van der Waals surface area contributed by atoms with Crippen molar-refractivity contribution in [3.8, 4) is 5.75 Å². The Morgan fingerprint density at radius 3 is 2.53 bits per heavy atom. The van der Waals surface area contributed by atoms with E-state index in [0.29, 0.717) is 0 Å². The second kappa shape index (κ2) is 3.87. The van der Waals surface area contributed by atoms with Gasteiger partial charge in [-0.1, -0.05) is 31.0 Å². The number of carbonyl (C=O) groups excluding carboxylic acids is 1. The second-order valence-corrected chi connectivity index (χ2v) is 3.96. The molecule has 0 amide bonds. The van der Waals surface area contributed by atoms with Crippen LogP contribution in [0.25, 0.3) is 0 Å². The lowest BCUT2D eigenvalue weighted by molar-refractivity contribution is 0.408. The number of rotatable bonds is 2. The van der Waals surface area contributed by atoms with Gasteiger partial charge < -0.3 is 5.11 Å². The first-order valence-electron chi connectivity index (χ1n) is 5.16. The van der Waals surface area contributed by atoms with Crippen molar-refractivity contribution in [1.82, 2.24) is 0 Å². The lowest BCUT2D eigenvalue weighted by Crippen LogP contribution is -2.18. The number of aromatic hydroxyl groups is 1. The van der Waals surface area contributed by atoms with Gasteiger partial charge in [-0.3, -0.25) is 0 Å². The molecule has 3 nitrogen and oxygen atoms in total. The van der Waals surface area contributed by atoms with Gasteiger partial charge in [-0.25, -0.2) is 4.79 Å². The van der Waals surface area contributed by atoms with E-state index in [1.54, 1.807) is 18.2 Å². The fourth-order valence-corrected chi connectivity index (χ4v) is 2.36. The molecule has 0 saturated heterocycles. The molecule has 2 rings (SSSR count). The number of para-hydroxylation sites is 1. The molecule has 0 aromatic heterocycles. The Labute approximate surface area is 88.5 Å². The van der Waals surface area contributed by atoms with Gasteiger partial charge in [0.2, 0.25) is 6.08 Å². The standard InChI is InChI=1S/C12H13NO2/c14-9-13-12(7-3-4-8-12)10-5-1-2-6-11(10)15/h1-2,5-6,15H,3-4,7-8H2. The minimum atomic E-state index is -0.521. The first-order valence-corrected chi connectivity index (χ1v) is 5.16. The first kappa shape index (κ1) is 9.94. The van der Waals surface area contributed by atoms with Crippen molar-refractivity contribution in [2.45, 2.75) is 31.2 Å². The molecule has 1 aliphatic rings. The molecule has 0 heterocycles. The van der Waals surface area contributed by atoms with Gasteiger partial charge in [-0.05, 0) is 18.9 Å². The fourth-order valence-electron chi connectivity index (χ4n) is 2.36. The van der Waals surface area contributed by atoms with Crippen molar-refractivity contribution in [2.75, 3.05) is 0 Å². The number of benzene rings is 1. The van der Waals surface area contributed by atoms with Gasteiger partial charge in [0.15, 0.2) is 0 Å². The fraction of sp³-hybridized carbons (Fsp3) is 0.417. The predicted molar refractivity (Wildman–Crippen MR) is 56.4 cm³/mol. The van der Waals surface area contributed by atoms with Gasteiger partial charge in [0, 0.05) is 5.56 Å². The van der Waals surface area contributed by atoms with Gasteiger partial charge in [0.05, 0.1) is 0 Å². The van der Waals surface area contributed by atoms with Gasteiger partial charge in [0.25, 0.3) is 0 Å². The van der Waals surface area contributed by atoms with Crippen LogP contribution in [0.15, 0.2) is 29.3 Å². The number of phenolic OH excluding ortho intramolecular Hbond substituents is 1. The SMILES string of the molecule is O=C=NC1(c2ccccc2O)CCCC1. The van der Waals surface area contributed by atoms with Gasteiger partial charge in [0.1, 0.15) is 11.3 Å². The normalized spacial score (nSPS) is 18.4. The Bertz CT molecular complexity index is 402. The Morgan fingerprint density at radius 1 is 1.27 bits per heavy atom. The summed E-state index contributed by atoms with van der Waals surface area (Å²) in [5.74, 6) is 0.221. The van der Waals surface area contributed by atoms with E-state index >= 15 is 0 Å². The van der Waals surface area contributed by atoms with Crippen LogP contribution in [0, 0.1) is 0 Å². The molecule has 1 aromatic rings. The third-order valence-electron chi connectivity index (χ3n) is 3.10. The van der Waals surface area contributed by atoms with E-state index in [2.05, 4.69) is 4.99 Å². The van der Waals surface area contributed by atoms with E-state index in [4.69, 9.17) is 0 Å². The highest BCUT2D eigenvalue weighted by molar-refractivity contribution is 5.43. The Kier molecular flexibility index (Phi) is 2.57. The Hall–Kier alpha value is -1.60. The summed E-state index contributed by atoms with van der Waals surface area (Å²) in [5, 5.41) is 9.77. The maximum absolute atomic E-state index is 10.5. The van der Waals surface area contributed by atoms with Crippen LogP contribution < -0.4 is 0 Å². The number of isocyanates is 1. The molecule has 1 fully saturated rings. The lowest BCUT2D eigenvalue weighted by atomic mass is 9.88. The summed E-state index contributed by atoms with van der Waals surface area (Å²) >= 11 is 0. The van der Waals surface area contributed by atoms with Crippen LogP contribution in [0.4, 0.5) is 0 Å². The molecular formula is C12H13NO2. The van der Waals surface area contributed by atoms with Gasteiger partial charge in [-0.2, -0.15) is 4.99 Å². The highest BCUT2D eigenvalue weighted by atomic mass is 16.3. The molecule has 0 spiro atoms. The van der Waals surface area contributed by atoms with E-state index in [0.717, 1.165) is 31.2 Å². The highest BCUT2D eigenvalue weighted by Gasteiger charge is 2.37. The Morgan fingerprint density at radius 2 is 1.93 bits per heavy atom. The van der Waals surface area contributed by atoms with E-state index in [-0.39, 0.29) is 5.75 Å². The van der Waals surface area contributed by atoms with Crippen LogP contribution in [0.2, 0.25) is 0 Å². The number of nitrogens with zero attached hydrogens (tertiary/aromatic N) is 1. The average molecular weight is 203 g/mol. The van der Waals surface area contributed by atoms with E-state index < -0.39 is 5.54 Å². The molecule has 1 aliphatic carbocycles. The van der Waals surface area contributed by atoms with Crippen LogP contribution in [-0.2, 0) is 10.3 Å². The van der Waals surface area contributed by atoms with Crippen LogP contribution in [0.5, 0.6) is 5.75 Å². The molecular weight excluding hydrogens is 190 g/mol. The predicted octanol–water partition coefficient (Wildman–Crippen LogP) is 2.50. The van der Waals surface area contributed by atoms with Crippen molar-refractivity contribution >= 4 is 6.08 Å². The third-order valence-corrected chi connectivity index (χ3v) is 3.10. The van der Waals surface area contributed by atoms with Crippen molar-refractivity contribution in [3.05, 3.63) is 29.8 Å². The van der Waals surface area contributed by atoms with Crippen molar-refractivity contribution in [3.63, 3.8) is 0 Å². The van der Waals surface area contributed by atoms with Crippen molar-refractivity contribution < 1.29 is 9.90 Å². The summed E-state index contributed by atoms with van der Waals surface area (Å²) in [4.78, 5) is 14.4. The molecule has 0 radical (unpaired) electrons. The lowest BCUT2D eigenvalue weighted by Gasteiger charge is -2.23. The summed E-state index contributed by atoms with van der Waals surface area (Å²) in [5.41, 5.74) is 0.235. The number of aliphatic imine (C=N–C) groups is 1. The summed E-state index contributed by atoms with van der Waals surface area (Å²) < 4.78 is 0. The molecule has 3 heteroatoms. The topological polar surface area (TPSA) is 49.7 Å². The van der Waals surface area contributed by atoms with Crippen LogP contribution in [0.3, 0.4) is 0 Å². The monoisotopic (exact) mass is 203 g/mol. The number of hydrogen-bond acceptors (Lipinski definition) is 3. The van der Waals surface area contributed by atoms with Crippen LogP contribution in [-0.4, -0.2) is 11.2 Å². The number of hydrogen-bond donors (Lipinski definition) is 1. The van der Waals surface area contributed by atoms with Crippen molar-refractivity contribution in [1.29, 1.82) is 0 Å². The quantitative estimate of drug-likeness (QED) is 0.593. The molecule has 0 aliphatic heterocycles. The van der Waals surface area contributed by atoms with Crippen molar-refractivity contribution in [2.24, 2.45) is 4.99 Å². The second-order valence-electron chi connectivity index (χ2n) is 3.96. The number of phenols is 1. The summed E-state index contributed by atoms with van der Waals surface area (Å²) in [7, 11) is 0. The zero-order valence-corrected chi connectivity index (χ0v) is 8.44. The Balaban J connectivity index is 2.50. The molecule has 0 unspecified atom stereocenters. The molecule has 78 valence electrons. The third kappa shape index (κ3) is 1.66. The summed E-state index contributed by atoms with van der Waals surface area (Å²) in [6.07, 6.45) is 5.36. The molecule has 1 saturated carbocycles.